The number of sulfonamides is 1. The van der Waals surface area contributed by atoms with Gasteiger partial charge in [0, 0.05) is 18.8 Å². The molecule has 1 aliphatic heterocycles. The summed E-state index contributed by atoms with van der Waals surface area (Å²) in [6, 6.07) is 0. The molecule has 0 spiro atoms. The first-order valence-corrected chi connectivity index (χ1v) is 11.5. The molecule has 1 saturated heterocycles. The summed E-state index contributed by atoms with van der Waals surface area (Å²) >= 11 is 2.98. The lowest BCUT2D eigenvalue weighted by molar-refractivity contribution is -0.120. The molecule has 24 heavy (non-hydrogen) atoms. The van der Waals surface area contributed by atoms with Crippen molar-refractivity contribution in [3.05, 3.63) is 0 Å². The van der Waals surface area contributed by atoms with Gasteiger partial charge in [0.05, 0.1) is 11.7 Å². The Morgan fingerprint density at radius 2 is 2.21 bits per heavy atom. The number of thioether (sulfide) groups is 1. The van der Waals surface area contributed by atoms with Crippen molar-refractivity contribution in [1.29, 1.82) is 0 Å². The van der Waals surface area contributed by atoms with E-state index in [4.69, 9.17) is 0 Å². The van der Waals surface area contributed by atoms with Crippen LogP contribution in [0.15, 0.2) is 4.34 Å². The van der Waals surface area contributed by atoms with Gasteiger partial charge in [-0.3, -0.25) is 4.79 Å². The fourth-order valence-electron chi connectivity index (χ4n) is 2.36. The van der Waals surface area contributed by atoms with Crippen LogP contribution in [0, 0.1) is 11.8 Å². The number of hydrogen-bond donors (Lipinski definition) is 1. The van der Waals surface area contributed by atoms with E-state index in [2.05, 4.69) is 29.4 Å². The Hall–Kier alpha value is -0.710. The van der Waals surface area contributed by atoms with Crippen molar-refractivity contribution in [3.63, 3.8) is 0 Å². The van der Waals surface area contributed by atoms with Crippen molar-refractivity contribution < 1.29 is 13.2 Å². The summed E-state index contributed by atoms with van der Waals surface area (Å²) < 4.78 is 26.2. The first-order chi connectivity index (χ1) is 11.3. The third-order valence-corrected chi connectivity index (χ3v) is 7.94. The fraction of sp³-hybridized carbons (Fsp3) is 0.786. The zero-order chi connectivity index (χ0) is 17.7. The number of rotatable bonds is 7. The number of nitrogens with one attached hydrogen (secondary N) is 1. The predicted octanol–water partition coefficient (Wildman–Crippen LogP) is 2.29. The molecule has 1 aromatic rings. The van der Waals surface area contributed by atoms with Gasteiger partial charge in [0.1, 0.15) is 0 Å². The number of piperidine rings is 1. The van der Waals surface area contributed by atoms with Gasteiger partial charge in [-0.05, 0) is 25.7 Å². The van der Waals surface area contributed by atoms with E-state index in [1.165, 1.54) is 15.6 Å². The highest BCUT2D eigenvalue weighted by molar-refractivity contribution is 8.01. The minimum absolute atomic E-state index is 0.0637. The molecule has 1 aliphatic rings. The average molecular weight is 393 g/mol. The van der Waals surface area contributed by atoms with Gasteiger partial charge in [-0.25, -0.2) is 12.7 Å². The normalized spacial score (nSPS) is 19.6. The van der Waals surface area contributed by atoms with E-state index >= 15 is 0 Å². The molecule has 1 unspecified atom stereocenters. The van der Waals surface area contributed by atoms with Crippen LogP contribution in [-0.2, 0) is 14.8 Å². The van der Waals surface area contributed by atoms with Crippen LogP contribution in [0.5, 0.6) is 0 Å². The van der Waals surface area contributed by atoms with Crippen molar-refractivity contribution in [2.24, 2.45) is 11.8 Å². The largest absolute Gasteiger partial charge is 0.300 e. The molecule has 0 aliphatic carbocycles. The number of hydrogen-bond acceptors (Lipinski definition) is 7. The second kappa shape index (κ2) is 8.59. The molecule has 1 fully saturated rings. The van der Waals surface area contributed by atoms with Crippen LogP contribution < -0.4 is 5.32 Å². The van der Waals surface area contributed by atoms with Crippen molar-refractivity contribution in [3.8, 4) is 0 Å². The van der Waals surface area contributed by atoms with Gasteiger partial charge >= 0.3 is 0 Å². The highest BCUT2D eigenvalue weighted by atomic mass is 32.2. The van der Waals surface area contributed by atoms with Gasteiger partial charge in [0.25, 0.3) is 0 Å². The maximum Gasteiger partial charge on any atom is 0.230 e. The second-order valence-corrected chi connectivity index (χ2v) is 10.7. The summed E-state index contributed by atoms with van der Waals surface area (Å²) in [5, 5.41) is 11.3. The molecular formula is C14H24N4O3S3. The van der Waals surface area contributed by atoms with E-state index in [0.29, 0.717) is 30.4 Å². The third-order valence-electron chi connectivity index (χ3n) is 3.69. The Labute approximate surface area is 151 Å². The van der Waals surface area contributed by atoms with Crippen LogP contribution in [0.4, 0.5) is 5.13 Å². The highest BCUT2D eigenvalue weighted by Crippen LogP contribution is 2.28. The molecular weight excluding hydrogens is 368 g/mol. The molecule has 0 saturated carbocycles. The van der Waals surface area contributed by atoms with Crippen LogP contribution in [0.1, 0.15) is 33.6 Å². The molecule has 1 N–H and O–H groups in total. The number of carbonyl (C=O) groups excluding carboxylic acids is 1. The molecule has 7 nitrogen and oxygen atoms in total. The first-order valence-electron chi connectivity index (χ1n) is 8.06. The van der Waals surface area contributed by atoms with Crippen molar-refractivity contribution in [2.45, 2.75) is 38.0 Å². The highest BCUT2D eigenvalue weighted by Gasteiger charge is 2.31. The number of carbonyl (C=O) groups is 1. The molecule has 10 heteroatoms. The Morgan fingerprint density at radius 1 is 1.46 bits per heavy atom. The van der Waals surface area contributed by atoms with E-state index in [-0.39, 0.29) is 24.1 Å². The molecule has 1 amide bonds. The summed E-state index contributed by atoms with van der Waals surface area (Å²) in [4.78, 5) is 12.4. The van der Waals surface area contributed by atoms with Gasteiger partial charge in [0.2, 0.25) is 21.1 Å². The van der Waals surface area contributed by atoms with Gasteiger partial charge in [-0.15, -0.1) is 10.2 Å². The van der Waals surface area contributed by atoms with Crippen molar-refractivity contribution >= 4 is 44.2 Å². The standard InChI is InChI=1S/C14H24N4O3S3/c1-4-24(20,21)18-7-5-6-11(8-18)12(19)15-13-16-17-14(23-13)22-9-10(2)3/h10-11H,4-9H2,1-3H3,(H,15,16,19). The second-order valence-electron chi connectivity index (χ2n) is 6.16. The number of amides is 1. The van der Waals surface area contributed by atoms with Crippen LogP contribution in [0.2, 0.25) is 0 Å². The first kappa shape index (κ1) is 19.6. The predicted molar refractivity (Wildman–Crippen MR) is 97.9 cm³/mol. The molecule has 2 heterocycles. The topological polar surface area (TPSA) is 92.3 Å². The lowest BCUT2D eigenvalue weighted by Crippen LogP contribution is -2.44. The monoisotopic (exact) mass is 392 g/mol. The van der Waals surface area contributed by atoms with Gasteiger partial charge < -0.3 is 5.32 Å². The third kappa shape index (κ3) is 5.40. The van der Waals surface area contributed by atoms with Crippen molar-refractivity contribution in [1.82, 2.24) is 14.5 Å². The molecule has 136 valence electrons. The number of anilines is 1. The lowest BCUT2D eigenvalue weighted by Gasteiger charge is -2.30. The van der Waals surface area contributed by atoms with Crippen molar-refractivity contribution in [2.75, 3.05) is 29.9 Å². The lowest BCUT2D eigenvalue weighted by atomic mass is 9.99. The van der Waals surface area contributed by atoms with E-state index in [1.54, 1.807) is 18.7 Å². The van der Waals surface area contributed by atoms with Gasteiger partial charge in [0.15, 0.2) is 4.34 Å². The summed E-state index contributed by atoms with van der Waals surface area (Å²) in [6.07, 6.45) is 1.39. The van der Waals surface area contributed by atoms with Crippen LogP contribution in [0.25, 0.3) is 0 Å². The molecule has 0 aromatic carbocycles. The molecule has 1 atom stereocenters. The van der Waals surface area contributed by atoms with E-state index in [0.717, 1.165) is 10.1 Å². The minimum atomic E-state index is -3.25. The quantitative estimate of drug-likeness (QED) is 0.565. The Bertz CT molecular complexity index is 660. The maximum atomic E-state index is 12.4. The van der Waals surface area contributed by atoms with Crippen LogP contribution in [-0.4, -0.2) is 53.4 Å². The zero-order valence-corrected chi connectivity index (χ0v) is 16.6. The summed E-state index contributed by atoms with van der Waals surface area (Å²) in [7, 11) is -3.25. The molecule has 0 bridgehead atoms. The van der Waals surface area contributed by atoms with E-state index in [9.17, 15) is 13.2 Å². The average Bonchev–Trinajstić information content (AvgIpc) is 3.00. The number of aromatic nitrogens is 2. The molecule has 2 rings (SSSR count). The Kier molecular flexibility index (Phi) is 7.02. The molecule has 1 aromatic heterocycles. The summed E-state index contributed by atoms with van der Waals surface area (Å²) in [5.41, 5.74) is 0. The van der Waals surface area contributed by atoms with Crippen LogP contribution >= 0.6 is 23.1 Å². The fourth-order valence-corrected chi connectivity index (χ4v) is 5.27. The summed E-state index contributed by atoms with van der Waals surface area (Å²) in [6.45, 7) is 6.63. The number of nitrogens with zero attached hydrogens (tertiary/aromatic N) is 3. The Balaban J connectivity index is 1.92. The zero-order valence-electron chi connectivity index (χ0n) is 14.2. The maximum absolute atomic E-state index is 12.4. The Morgan fingerprint density at radius 3 is 2.88 bits per heavy atom. The molecule has 0 radical (unpaired) electrons. The minimum Gasteiger partial charge on any atom is -0.300 e. The van der Waals surface area contributed by atoms with E-state index < -0.39 is 10.0 Å². The summed E-state index contributed by atoms with van der Waals surface area (Å²) in [5.74, 6) is 1.06. The smallest absolute Gasteiger partial charge is 0.230 e. The van der Waals surface area contributed by atoms with Crippen LogP contribution in [0.3, 0.4) is 0 Å². The van der Waals surface area contributed by atoms with Gasteiger partial charge in [-0.2, -0.15) is 0 Å². The van der Waals surface area contributed by atoms with E-state index in [1.807, 2.05) is 0 Å². The SMILES string of the molecule is CCS(=O)(=O)N1CCCC(C(=O)Nc2nnc(SCC(C)C)s2)C1. The van der Waals surface area contributed by atoms with Gasteiger partial charge in [-0.1, -0.05) is 36.9 Å².